The van der Waals surface area contributed by atoms with E-state index in [2.05, 4.69) is 22.3 Å². The van der Waals surface area contributed by atoms with Gasteiger partial charge in [-0.25, -0.2) is 9.18 Å². The molecule has 2 atom stereocenters. The lowest BCUT2D eigenvalue weighted by atomic mass is 9.67. The van der Waals surface area contributed by atoms with Crippen molar-refractivity contribution in [3.8, 4) is 17.5 Å². The maximum absolute atomic E-state index is 14.0. The Labute approximate surface area is 209 Å². The van der Waals surface area contributed by atoms with E-state index in [1.165, 1.54) is 17.7 Å². The zero-order chi connectivity index (χ0) is 25.5. The molecule has 8 heteroatoms. The fourth-order valence-electron chi connectivity index (χ4n) is 4.94. The quantitative estimate of drug-likeness (QED) is 0.425. The summed E-state index contributed by atoms with van der Waals surface area (Å²) in [6.45, 7) is 6.01. The van der Waals surface area contributed by atoms with Gasteiger partial charge in [-0.05, 0) is 63.8 Å². The van der Waals surface area contributed by atoms with E-state index in [9.17, 15) is 14.4 Å². The van der Waals surface area contributed by atoms with Gasteiger partial charge in [0.1, 0.15) is 11.4 Å². The van der Waals surface area contributed by atoms with E-state index in [-0.39, 0.29) is 29.5 Å². The SMILES string of the molecule is CC(C)(C)OC(=O)N(CC1(c2noc(-c3cc(F)cc(C#N)c3)n2)CCC1)[C@H]1CC1c1ccccc1. The normalized spacial score (nSPS) is 20.2. The largest absolute Gasteiger partial charge is 0.444 e. The number of benzene rings is 2. The number of halogens is 1. The molecule has 0 spiro atoms. The third-order valence-corrected chi connectivity index (χ3v) is 6.97. The van der Waals surface area contributed by atoms with E-state index in [0.29, 0.717) is 17.9 Å². The number of amides is 1. The maximum atomic E-state index is 14.0. The summed E-state index contributed by atoms with van der Waals surface area (Å²) in [5.74, 6) is 0.369. The first-order chi connectivity index (χ1) is 17.2. The summed E-state index contributed by atoms with van der Waals surface area (Å²) >= 11 is 0. The molecular weight excluding hydrogens is 459 g/mol. The molecule has 186 valence electrons. The maximum Gasteiger partial charge on any atom is 0.410 e. The van der Waals surface area contributed by atoms with Crippen LogP contribution in [0.1, 0.15) is 69.3 Å². The highest BCUT2D eigenvalue weighted by Gasteiger charge is 2.52. The highest BCUT2D eigenvalue weighted by molar-refractivity contribution is 5.70. The van der Waals surface area contributed by atoms with Crippen molar-refractivity contribution in [3.63, 3.8) is 0 Å². The molecule has 2 saturated carbocycles. The second-order valence-electron chi connectivity index (χ2n) is 10.8. The predicted octanol–water partition coefficient (Wildman–Crippen LogP) is 5.96. The Bertz CT molecular complexity index is 1300. The van der Waals surface area contributed by atoms with Crippen LogP contribution < -0.4 is 0 Å². The zero-order valence-electron chi connectivity index (χ0n) is 20.7. The van der Waals surface area contributed by atoms with Crippen LogP contribution in [0.4, 0.5) is 9.18 Å². The lowest BCUT2D eigenvalue weighted by Gasteiger charge is -2.43. The molecule has 0 radical (unpaired) electrons. The molecule has 1 unspecified atom stereocenters. The van der Waals surface area contributed by atoms with Crippen molar-refractivity contribution in [2.75, 3.05) is 6.54 Å². The summed E-state index contributed by atoms with van der Waals surface area (Å²) in [5, 5.41) is 13.4. The molecule has 0 saturated heterocycles. The Hall–Kier alpha value is -3.73. The van der Waals surface area contributed by atoms with Crippen molar-refractivity contribution in [3.05, 3.63) is 71.3 Å². The Morgan fingerprint density at radius 2 is 2.00 bits per heavy atom. The summed E-state index contributed by atoms with van der Waals surface area (Å²) in [7, 11) is 0. The van der Waals surface area contributed by atoms with Crippen LogP contribution in [0.5, 0.6) is 0 Å². The van der Waals surface area contributed by atoms with Crippen LogP contribution in [-0.4, -0.2) is 39.3 Å². The molecule has 0 bridgehead atoms. The molecule has 0 N–H and O–H groups in total. The van der Waals surface area contributed by atoms with Gasteiger partial charge in [0, 0.05) is 24.1 Å². The summed E-state index contributed by atoms with van der Waals surface area (Å²) < 4.78 is 25.3. The molecular formula is C28H29FN4O3. The Morgan fingerprint density at radius 1 is 1.25 bits per heavy atom. The number of carbonyl (C=O) groups is 1. The standard InChI is InChI=1S/C28H29FN4O3/c1-27(2,3)35-26(34)33(23-15-22(23)19-8-5-4-6-9-19)17-28(10-7-11-28)25-31-24(36-32-25)20-12-18(16-30)13-21(29)14-20/h4-6,8-9,12-14,22-23H,7,10-11,15,17H2,1-3H3/t22?,23-/m0/s1. The van der Waals surface area contributed by atoms with Crippen molar-refractivity contribution >= 4 is 6.09 Å². The highest BCUT2D eigenvalue weighted by Crippen LogP contribution is 2.49. The summed E-state index contributed by atoms with van der Waals surface area (Å²) in [6.07, 6.45) is 3.13. The number of nitriles is 1. The van der Waals surface area contributed by atoms with Gasteiger partial charge in [0.15, 0.2) is 5.82 Å². The monoisotopic (exact) mass is 488 g/mol. The van der Waals surface area contributed by atoms with E-state index in [4.69, 9.17) is 9.26 Å². The molecule has 2 fully saturated rings. The van der Waals surface area contributed by atoms with Gasteiger partial charge >= 0.3 is 6.09 Å². The van der Waals surface area contributed by atoms with Crippen molar-refractivity contribution in [1.82, 2.24) is 15.0 Å². The van der Waals surface area contributed by atoms with Gasteiger partial charge in [0.2, 0.25) is 0 Å². The number of nitrogens with zero attached hydrogens (tertiary/aromatic N) is 4. The van der Waals surface area contributed by atoms with Gasteiger partial charge in [-0.2, -0.15) is 10.2 Å². The molecule has 0 aliphatic heterocycles. The summed E-state index contributed by atoms with van der Waals surface area (Å²) in [5.41, 5.74) is 0.664. The number of carbonyl (C=O) groups excluding carboxylic acids is 1. The number of rotatable bonds is 6. The Morgan fingerprint density at radius 3 is 2.64 bits per heavy atom. The van der Waals surface area contributed by atoms with Crippen LogP contribution in [0, 0.1) is 17.1 Å². The minimum Gasteiger partial charge on any atom is -0.444 e. The molecule has 1 heterocycles. The zero-order valence-corrected chi connectivity index (χ0v) is 20.7. The number of ether oxygens (including phenoxy) is 1. The van der Waals surface area contributed by atoms with Crippen LogP contribution >= 0.6 is 0 Å². The van der Waals surface area contributed by atoms with Gasteiger partial charge in [-0.1, -0.05) is 41.9 Å². The first kappa shape index (κ1) is 24.0. The first-order valence-electron chi connectivity index (χ1n) is 12.3. The van der Waals surface area contributed by atoms with Gasteiger partial charge in [-0.15, -0.1) is 0 Å². The molecule has 2 aliphatic carbocycles. The number of aromatic nitrogens is 2. The van der Waals surface area contributed by atoms with Crippen molar-refractivity contribution in [2.24, 2.45) is 0 Å². The van der Waals surface area contributed by atoms with Crippen LogP contribution in [0.15, 0.2) is 53.1 Å². The predicted molar refractivity (Wildman–Crippen MR) is 130 cm³/mol. The fourth-order valence-corrected chi connectivity index (χ4v) is 4.94. The van der Waals surface area contributed by atoms with E-state index in [0.717, 1.165) is 31.7 Å². The van der Waals surface area contributed by atoms with Crippen LogP contribution in [0.3, 0.4) is 0 Å². The van der Waals surface area contributed by atoms with Crippen molar-refractivity contribution in [2.45, 2.75) is 69.4 Å². The average Bonchev–Trinajstić information content (AvgIpc) is 3.44. The third kappa shape index (κ3) is 4.83. The van der Waals surface area contributed by atoms with E-state index in [1.807, 2.05) is 49.9 Å². The van der Waals surface area contributed by atoms with E-state index >= 15 is 0 Å². The Balaban J connectivity index is 1.42. The van der Waals surface area contributed by atoms with Crippen LogP contribution in [0.2, 0.25) is 0 Å². The molecule has 7 nitrogen and oxygen atoms in total. The van der Waals surface area contributed by atoms with Crippen LogP contribution in [-0.2, 0) is 10.2 Å². The molecule has 1 aromatic heterocycles. The van der Waals surface area contributed by atoms with Gasteiger partial charge in [0.25, 0.3) is 5.89 Å². The number of hydrogen-bond donors (Lipinski definition) is 0. The fraction of sp³-hybridized carbons (Fsp3) is 0.429. The third-order valence-electron chi connectivity index (χ3n) is 6.97. The van der Waals surface area contributed by atoms with Gasteiger partial charge in [0.05, 0.1) is 17.0 Å². The summed E-state index contributed by atoms with van der Waals surface area (Å²) in [4.78, 5) is 19.8. The van der Waals surface area contributed by atoms with E-state index < -0.39 is 16.8 Å². The molecule has 2 aromatic carbocycles. The second kappa shape index (κ2) is 9.05. The smallest absolute Gasteiger partial charge is 0.410 e. The summed E-state index contributed by atoms with van der Waals surface area (Å²) in [6, 6.07) is 16.1. The first-order valence-corrected chi connectivity index (χ1v) is 12.3. The molecule has 2 aliphatic rings. The van der Waals surface area contributed by atoms with E-state index in [1.54, 1.807) is 0 Å². The molecule has 36 heavy (non-hydrogen) atoms. The molecule has 3 aromatic rings. The average molecular weight is 489 g/mol. The molecule has 1 amide bonds. The second-order valence-corrected chi connectivity index (χ2v) is 10.8. The lowest BCUT2D eigenvalue weighted by molar-refractivity contribution is 0.0123. The molecule has 5 rings (SSSR count). The van der Waals surface area contributed by atoms with Gasteiger partial charge < -0.3 is 14.2 Å². The van der Waals surface area contributed by atoms with Crippen molar-refractivity contribution < 1.29 is 18.4 Å². The number of hydrogen-bond acceptors (Lipinski definition) is 6. The minimum absolute atomic E-state index is 0.0347. The minimum atomic E-state index is -0.617. The van der Waals surface area contributed by atoms with Crippen LogP contribution in [0.25, 0.3) is 11.5 Å². The lowest BCUT2D eigenvalue weighted by Crippen LogP contribution is -2.50. The van der Waals surface area contributed by atoms with Crippen molar-refractivity contribution in [1.29, 1.82) is 5.26 Å². The van der Waals surface area contributed by atoms with Gasteiger partial charge in [-0.3, -0.25) is 0 Å². The topological polar surface area (TPSA) is 92.2 Å². The highest BCUT2D eigenvalue weighted by atomic mass is 19.1. The Kier molecular flexibility index (Phi) is 6.03.